The van der Waals surface area contributed by atoms with E-state index in [1.807, 2.05) is 6.07 Å². The number of rotatable bonds is 15. The Morgan fingerprint density at radius 3 is 2.36 bits per heavy atom. The van der Waals surface area contributed by atoms with Gasteiger partial charge in [-0.1, -0.05) is 13.8 Å². The van der Waals surface area contributed by atoms with E-state index in [0.29, 0.717) is 30.9 Å². The highest BCUT2D eigenvalue weighted by molar-refractivity contribution is 6.09. The first-order chi connectivity index (χ1) is 21.9. The molecular formula is C35H44F3N3O6. The Kier molecular flexibility index (Phi) is 12.1. The molecule has 0 aliphatic carbocycles. The quantitative estimate of drug-likeness (QED) is 0.159. The molecule has 1 N–H and O–H groups in total. The van der Waals surface area contributed by atoms with Crippen LogP contribution in [0.25, 0.3) is 0 Å². The average Bonchev–Trinajstić information content (AvgIpc) is 3.30. The predicted octanol–water partition coefficient (Wildman–Crippen LogP) is 7.13. The van der Waals surface area contributed by atoms with Crippen LogP contribution in [-0.4, -0.2) is 54.1 Å². The minimum absolute atomic E-state index is 0.0624. The number of carbonyl (C=O) groups excluding carboxylic acids is 3. The summed E-state index contributed by atoms with van der Waals surface area (Å²) in [4.78, 5) is 39.5. The maximum absolute atomic E-state index is 13.9. The number of hydrogen-bond donors (Lipinski definition) is 1. The molecule has 2 aromatic rings. The van der Waals surface area contributed by atoms with Gasteiger partial charge in [-0.15, -0.1) is 0 Å². The van der Waals surface area contributed by atoms with Crippen LogP contribution in [-0.2, 0) is 31.8 Å². The average molecular weight is 660 g/mol. The lowest BCUT2D eigenvalue weighted by atomic mass is 9.79. The Bertz CT molecular complexity index is 1500. The molecule has 3 rings (SSSR count). The molecule has 1 aliphatic heterocycles. The van der Waals surface area contributed by atoms with Crippen molar-refractivity contribution >= 4 is 23.5 Å². The number of esters is 1. The van der Waals surface area contributed by atoms with E-state index in [4.69, 9.17) is 19.5 Å². The van der Waals surface area contributed by atoms with Crippen LogP contribution in [0.4, 0.5) is 18.9 Å². The molecule has 1 heterocycles. The highest BCUT2D eigenvalue weighted by Gasteiger charge is 2.47. The van der Waals surface area contributed by atoms with Crippen molar-refractivity contribution in [2.24, 2.45) is 11.3 Å². The van der Waals surface area contributed by atoms with E-state index in [2.05, 4.69) is 5.32 Å². The molecule has 2 aromatic carbocycles. The summed E-state index contributed by atoms with van der Waals surface area (Å²) in [6.07, 6.45) is -3.00. The first-order valence-electron chi connectivity index (χ1n) is 15.7. The SMILES string of the molecule is CC(=O)OC(C)(C)COCCCCCNc1ccc2c(c1)CN(C(=O)C(C)(C)C(Oc1ccc(C#N)c(C(F)(F)F)c1)C(C)C)C2=O. The van der Waals surface area contributed by atoms with Crippen molar-refractivity contribution in [1.82, 2.24) is 4.90 Å². The van der Waals surface area contributed by atoms with Gasteiger partial charge in [0, 0.05) is 31.3 Å². The number of unbranched alkanes of at least 4 members (excludes halogenated alkanes) is 2. The largest absolute Gasteiger partial charge is 0.489 e. The van der Waals surface area contributed by atoms with E-state index in [0.717, 1.165) is 42.0 Å². The van der Waals surface area contributed by atoms with Crippen LogP contribution >= 0.6 is 0 Å². The van der Waals surface area contributed by atoms with Crippen LogP contribution in [0.5, 0.6) is 5.75 Å². The van der Waals surface area contributed by atoms with Crippen LogP contribution < -0.4 is 10.1 Å². The van der Waals surface area contributed by atoms with E-state index in [-0.39, 0.29) is 24.2 Å². The molecule has 47 heavy (non-hydrogen) atoms. The molecular weight excluding hydrogens is 615 g/mol. The van der Waals surface area contributed by atoms with Crippen molar-refractivity contribution in [3.63, 3.8) is 0 Å². The van der Waals surface area contributed by atoms with Crippen LogP contribution in [0.1, 0.15) is 94.8 Å². The standard InChI is InChI=1S/C35H44F3N3O6/c1-22(2)30(46-27-13-11-24(19-39)29(18-27)35(36,37)38)34(6,7)32(44)41-20-25-17-26(12-14-28(25)31(41)43)40-15-9-8-10-16-45-21-33(4,5)47-23(3)42/h11-14,17-18,22,30,40H,8-10,15-16,20-21H2,1-7H3. The van der Waals surface area contributed by atoms with Crippen LogP contribution in [0.3, 0.4) is 0 Å². The van der Waals surface area contributed by atoms with E-state index in [9.17, 15) is 27.6 Å². The summed E-state index contributed by atoms with van der Waals surface area (Å²) in [5.74, 6) is -1.73. The molecule has 0 saturated carbocycles. The van der Waals surface area contributed by atoms with Crippen molar-refractivity contribution in [2.45, 2.75) is 92.2 Å². The fourth-order valence-electron chi connectivity index (χ4n) is 5.73. The Morgan fingerprint density at radius 1 is 1.04 bits per heavy atom. The van der Waals surface area contributed by atoms with Gasteiger partial charge in [0.1, 0.15) is 17.5 Å². The number of anilines is 1. The molecule has 1 atom stereocenters. The zero-order valence-corrected chi connectivity index (χ0v) is 28.0. The number of halogens is 3. The molecule has 0 spiro atoms. The van der Waals surface area contributed by atoms with Gasteiger partial charge in [-0.2, -0.15) is 18.4 Å². The van der Waals surface area contributed by atoms with Gasteiger partial charge in [0.2, 0.25) is 5.91 Å². The summed E-state index contributed by atoms with van der Waals surface area (Å²) in [5, 5.41) is 12.5. The van der Waals surface area contributed by atoms with Gasteiger partial charge in [-0.3, -0.25) is 19.3 Å². The number of hydrogen-bond acceptors (Lipinski definition) is 8. The number of nitrogens with zero attached hydrogens (tertiary/aromatic N) is 2. The van der Waals surface area contributed by atoms with E-state index < -0.39 is 46.2 Å². The Hall–Kier alpha value is -4.11. The third kappa shape index (κ3) is 9.70. The number of nitriles is 1. The van der Waals surface area contributed by atoms with Gasteiger partial charge in [0.25, 0.3) is 5.91 Å². The monoisotopic (exact) mass is 659 g/mol. The predicted molar refractivity (Wildman–Crippen MR) is 170 cm³/mol. The highest BCUT2D eigenvalue weighted by Crippen LogP contribution is 2.38. The highest BCUT2D eigenvalue weighted by atomic mass is 19.4. The Balaban J connectivity index is 1.59. The van der Waals surface area contributed by atoms with Crippen molar-refractivity contribution in [1.29, 1.82) is 5.26 Å². The molecule has 0 aromatic heterocycles. The van der Waals surface area contributed by atoms with Crippen molar-refractivity contribution in [3.05, 3.63) is 58.7 Å². The number of ether oxygens (including phenoxy) is 3. The Morgan fingerprint density at radius 2 is 1.74 bits per heavy atom. The number of carbonyl (C=O) groups is 3. The first kappa shape index (κ1) is 37.3. The smallest absolute Gasteiger partial charge is 0.417 e. The van der Waals surface area contributed by atoms with Gasteiger partial charge in [0.05, 0.1) is 35.8 Å². The summed E-state index contributed by atoms with van der Waals surface area (Å²) in [7, 11) is 0. The zero-order valence-electron chi connectivity index (χ0n) is 28.0. The van der Waals surface area contributed by atoms with Crippen molar-refractivity contribution in [3.8, 4) is 11.8 Å². The van der Waals surface area contributed by atoms with Gasteiger partial charge < -0.3 is 19.5 Å². The molecule has 0 fully saturated rings. The Labute approximate surface area is 274 Å². The number of benzene rings is 2. The van der Waals surface area contributed by atoms with E-state index in [1.165, 1.54) is 13.0 Å². The van der Waals surface area contributed by atoms with Gasteiger partial charge in [-0.25, -0.2) is 0 Å². The summed E-state index contributed by atoms with van der Waals surface area (Å²) in [5.41, 5.74) is -1.69. The van der Waals surface area contributed by atoms with Crippen LogP contribution in [0.2, 0.25) is 0 Å². The van der Waals surface area contributed by atoms with E-state index >= 15 is 0 Å². The molecule has 9 nitrogen and oxygen atoms in total. The summed E-state index contributed by atoms with van der Waals surface area (Å²) < 4.78 is 57.5. The topological polar surface area (TPSA) is 118 Å². The third-order valence-electron chi connectivity index (χ3n) is 7.87. The summed E-state index contributed by atoms with van der Waals surface area (Å²) in [6.45, 7) is 13.4. The van der Waals surface area contributed by atoms with Crippen molar-refractivity contribution < 1.29 is 41.8 Å². The van der Waals surface area contributed by atoms with Crippen LogP contribution in [0, 0.1) is 22.7 Å². The second-order valence-electron chi connectivity index (χ2n) is 13.3. The second kappa shape index (κ2) is 15.2. The molecule has 12 heteroatoms. The number of nitrogens with one attached hydrogen (secondary N) is 1. The van der Waals surface area contributed by atoms with Crippen molar-refractivity contribution in [2.75, 3.05) is 25.1 Å². The normalized spacial score (nSPS) is 14.1. The molecule has 0 radical (unpaired) electrons. The fraction of sp³-hybridized carbons (Fsp3) is 0.543. The molecule has 0 saturated heterocycles. The molecule has 2 amide bonds. The lowest BCUT2D eigenvalue weighted by Crippen LogP contribution is -2.51. The van der Waals surface area contributed by atoms with Gasteiger partial charge in [-0.05, 0) is 94.8 Å². The zero-order chi connectivity index (χ0) is 35.2. The minimum atomic E-state index is -4.76. The lowest BCUT2D eigenvalue weighted by molar-refractivity contribution is -0.159. The number of imide groups is 1. The third-order valence-corrected chi connectivity index (χ3v) is 7.87. The molecule has 1 aliphatic rings. The second-order valence-corrected chi connectivity index (χ2v) is 13.3. The molecule has 256 valence electrons. The van der Waals surface area contributed by atoms with Crippen LogP contribution in [0.15, 0.2) is 36.4 Å². The minimum Gasteiger partial charge on any atom is -0.489 e. The lowest BCUT2D eigenvalue weighted by Gasteiger charge is -2.38. The maximum Gasteiger partial charge on any atom is 0.417 e. The van der Waals surface area contributed by atoms with Gasteiger partial charge >= 0.3 is 12.1 Å². The first-order valence-corrected chi connectivity index (χ1v) is 15.7. The number of amides is 2. The maximum atomic E-state index is 13.9. The fourth-order valence-corrected chi connectivity index (χ4v) is 5.73. The van der Waals surface area contributed by atoms with Gasteiger partial charge in [0.15, 0.2) is 0 Å². The summed E-state index contributed by atoms with van der Waals surface area (Å²) in [6, 6.07) is 9.95. The summed E-state index contributed by atoms with van der Waals surface area (Å²) >= 11 is 0. The molecule has 1 unspecified atom stereocenters. The number of alkyl halides is 3. The molecule has 0 bridgehead atoms. The van der Waals surface area contributed by atoms with E-state index in [1.54, 1.807) is 59.7 Å². The number of fused-ring (bicyclic) bond motifs is 1.